The molecule has 122 valence electrons. The lowest BCUT2D eigenvalue weighted by Crippen LogP contribution is -2.21. The fourth-order valence-electron chi connectivity index (χ4n) is 2.45. The van der Waals surface area contributed by atoms with Crippen LogP contribution in [0.4, 0.5) is 17.2 Å². The van der Waals surface area contributed by atoms with Gasteiger partial charge in [0.1, 0.15) is 5.82 Å². The van der Waals surface area contributed by atoms with Gasteiger partial charge in [0.2, 0.25) is 5.91 Å². The number of amides is 1. The van der Waals surface area contributed by atoms with Crippen LogP contribution in [0, 0.1) is 19.8 Å². The van der Waals surface area contributed by atoms with Crippen molar-refractivity contribution in [2.45, 2.75) is 40.5 Å². The van der Waals surface area contributed by atoms with Gasteiger partial charge in [-0.2, -0.15) is 0 Å². The number of pyridine rings is 1. The normalized spacial score (nSPS) is 10.7. The monoisotopic (exact) mass is 311 g/mol. The molecule has 0 aliphatic rings. The minimum Gasteiger partial charge on any atom is -0.340 e. The summed E-state index contributed by atoms with van der Waals surface area (Å²) in [4.78, 5) is 16.5. The molecular formula is C19H25N3O. The molecule has 4 nitrogen and oxygen atoms in total. The van der Waals surface area contributed by atoms with Crippen molar-refractivity contribution in [1.82, 2.24) is 4.98 Å². The first kappa shape index (κ1) is 17.0. The molecule has 0 bridgehead atoms. The molecule has 2 rings (SSSR count). The summed E-state index contributed by atoms with van der Waals surface area (Å²) in [5.41, 5.74) is 4.15. The standard InChI is InChI=1S/C19H25N3O/c1-5-15(6-2)19(23)21-16-9-10-18(20-12-16)22-17-11-13(3)7-8-14(17)4/h7-12,15H,5-6H2,1-4H3,(H,20,22)(H,21,23). The van der Waals surface area contributed by atoms with Crippen molar-refractivity contribution in [1.29, 1.82) is 0 Å². The first-order valence-electron chi connectivity index (χ1n) is 8.14. The summed E-state index contributed by atoms with van der Waals surface area (Å²) in [6, 6.07) is 10.0. The minimum absolute atomic E-state index is 0.0581. The van der Waals surface area contributed by atoms with E-state index in [4.69, 9.17) is 0 Å². The summed E-state index contributed by atoms with van der Waals surface area (Å²) in [5, 5.41) is 6.24. The Morgan fingerprint density at radius 3 is 2.48 bits per heavy atom. The fourth-order valence-corrected chi connectivity index (χ4v) is 2.45. The number of benzene rings is 1. The van der Waals surface area contributed by atoms with Gasteiger partial charge in [0, 0.05) is 11.6 Å². The van der Waals surface area contributed by atoms with Crippen LogP contribution in [0.15, 0.2) is 36.5 Å². The smallest absolute Gasteiger partial charge is 0.227 e. The van der Waals surface area contributed by atoms with Crippen molar-refractivity contribution in [2.75, 3.05) is 10.6 Å². The van der Waals surface area contributed by atoms with Gasteiger partial charge in [0.15, 0.2) is 0 Å². The Kier molecular flexibility index (Phi) is 5.74. The van der Waals surface area contributed by atoms with E-state index >= 15 is 0 Å². The molecule has 0 aliphatic carbocycles. The van der Waals surface area contributed by atoms with Crippen LogP contribution in [0.5, 0.6) is 0 Å². The van der Waals surface area contributed by atoms with Gasteiger partial charge < -0.3 is 10.6 Å². The predicted molar refractivity (Wildman–Crippen MR) is 96.1 cm³/mol. The highest BCUT2D eigenvalue weighted by atomic mass is 16.1. The molecule has 2 N–H and O–H groups in total. The second-order valence-electron chi connectivity index (χ2n) is 5.88. The molecule has 0 saturated carbocycles. The van der Waals surface area contributed by atoms with Crippen LogP contribution >= 0.6 is 0 Å². The molecule has 0 aliphatic heterocycles. The van der Waals surface area contributed by atoms with Crippen molar-refractivity contribution in [3.8, 4) is 0 Å². The van der Waals surface area contributed by atoms with E-state index in [9.17, 15) is 4.79 Å². The lowest BCUT2D eigenvalue weighted by atomic mass is 10.0. The molecule has 0 saturated heterocycles. The van der Waals surface area contributed by atoms with Gasteiger partial charge >= 0.3 is 0 Å². The lowest BCUT2D eigenvalue weighted by Gasteiger charge is -2.13. The third-order valence-corrected chi connectivity index (χ3v) is 4.04. The van der Waals surface area contributed by atoms with Gasteiger partial charge in [-0.15, -0.1) is 0 Å². The van der Waals surface area contributed by atoms with Crippen LogP contribution in [0.3, 0.4) is 0 Å². The van der Waals surface area contributed by atoms with Gasteiger partial charge in [-0.25, -0.2) is 4.98 Å². The third-order valence-electron chi connectivity index (χ3n) is 4.04. The van der Waals surface area contributed by atoms with Crippen LogP contribution < -0.4 is 10.6 Å². The Bertz CT molecular complexity index is 661. The molecule has 1 aromatic heterocycles. The van der Waals surface area contributed by atoms with E-state index in [0.29, 0.717) is 0 Å². The molecule has 1 heterocycles. The summed E-state index contributed by atoms with van der Waals surface area (Å²) < 4.78 is 0. The van der Waals surface area contributed by atoms with Crippen molar-refractivity contribution in [3.05, 3.63) is 47.7 Å². The average Bonchev–Trinajstić information content (AvgIpc) is 2.54. The Hall–Kier alpha value is -2.36. The molecule has 4 heteroatoms. The van der Waals surface area contributed by atoms with Crippen LogP contribution in [-0.4, -0.2) is 10.9 Å². The maximum Gasteiger partial charge on any atom is 0.227 e. The van der Waals surface area contributed by atoms with Crippen LogP contribution in [-0.2, 0) is 4.79 Å². The van der Waals surface area contributed by atoms with Crippen molar-refractivity contribution >= 4 is 23.1 Å². The van der Waals surface area contributed by atoms with Crippen molar-refractivity contribution < 1.29 is 4.79 Å². The second-order valence-corrected chi connectivity index (χ2v) is 5.88. The first-order valence-corrected chi connectivity index (χ1v) is 8.14. The number of anilines is 3. The lowest BCUT2D eigenvalue weighted by molar-refractivity contribution is -0.120. The topological polar surface area (TPSA) is 54.0 Å². The zero-order chi connectivity index (χ0) is 16.8. The molecule has 0 unspecified atom stereocenters. The highest BCUT2D eigenvalue weighted by Crippen LogP contribution is 2.21. The zero-order valence-corrected chi connectivity index (χ0v) is 14.3. The average molecular weight is 311 g/mol. The molecule has 0 atom stereocenters. The summed E-state index contributed by atoms with van der Waals surface area (Å²) in [7, 11) is 0. The van der Waals surface area contributed by atoms with Crippen LogP contribution in [0.25, 0.3) is 0 Å². The number of aryl methyl sites for hydroxylation is 2. The number of carbonyl (C=O) groups excluding carboxylic acids is 1. The third kappa shape index (κ3) is 4.55. The molecule has 1 aromatic carbocycles. The van der Waals surface area contributed by atoms with E-state index < -0.39 is 0 Å². The van der Waals surface area contributed by atoms with Gasteiger partial charge in [0.25, 0.3) is 0 Å². The molecule has 2 aromatic rings. The summed E-state index contributed by atoms with van der Waals surface area (Å²) in [6.45, 7) is 8.19. The molecule has 0 fully saturated rings. The highest BCUT2D eigenvalue weighted by Gasteiger charge is 2.14. The first-order chi connectivity index (χ1) is 11.0. The highest BCUT2D eigenvalue weighted by molar-refractivity contribution is 5.92. The molecule has 23 heavy (non-hydrogen) atoms. The number of carbonyl (C=O) groups is 1. The van der Waals surface area contributed by atoms with Crippen molar-refractivity contribution in [2.24, 2.45) is 5.92 Å². The number of rotatable bonds is 6. The summed E-state index contributed by atoms with van der Waals surface area (Å²) in [5.74, 6) is 0.883. The van der Waals surface area contributed by atoms with Crippen molar-refractivity contribution in [3.63, 3.8) is 0 Å². The number of nitrogens with zero attached hydrogens (tertiary/aromatic N) is 1. The SMILES string of the molecule is CCC(CC)C(=O)Nc1ccc(Nc2cc(C)ccc2C)nc1. The predicted octanol–water partition coefficient (Wildman–Crippen LogP) is 4.82. The number of hydrogen-bond donors (Lipinski definition) is 2. The molecule has 0 spiro atoms. The quantitative estimate of drug-likeness (QED) is 0.804. The Balaban J connectivity index is 2.05. The van der Waals surface area contributed by atoms with Gasteiger partial charge in [-0.1, -0.05) is 26.0 Å². The Morgan fingerprint density at radius 2 is 1.87 bits per heavy atom. The van der Waals surface area contributed by atoms with E-state index in [1.807, 2.05) is 26.0 Å². The van der Waals surface area contributed by atoms with E-state index in [-0.39, 0.29) is 11.8 Å². The Morgan fingerprint density at radius 1 is 1.13 bits per heavy atom. The second kappa shape index (κ2) is 7.77. The number of hydrogen-bond acceptors (Lipinski definition) is 3. The molecular weight excluding hydrogens is 286 g/mol. The minimum atomic E-state index is 0.0581. The van der Waals surface area contributed by atoms with Crippen LogP contribution in [0.1, 0.15) is 37.8 Å². The maximum atomic E-state index is 12.1. The van der Waals surface area contributed by atoms with E-state index in [2.05, 4.69) is 47.7 Å². The van der Waals surface area contributed by atoms with Gasteiger partial charge in [-0.05, 0) is 56.0 Å². The van der Waals surface area contributed by atoms with E-state index in [1.54, 1.807) is 6.20 Å². The summed E-state index contributed by atoms with van der Waals surface area (Å²) in [6.07, 6.45) is 3.39. The Labute approximate surface area is 138 Å². The van der Waals surface area contributed by atoms with Crippen LogP contribution in [0.2, 0.25) is 0 Å². The largest absolute Gasteiger partial charge is 0.340 e. The van der Waals surface area contributed by atoms with E-state index in [0.717, 1.165) is 30.0 Å². The van der Waals surface area contributed by atoms with E-state index in [1.165, 1.54) is 11.1 Å². The van der Waals surface area contributed by atoms with Gasteiger partial charge in [0.05, 0.1) is 11.9 Å². The molecule has 1 amide bonds. The number of aromatic nitrogens is 1. The fraction of sp³-hybridized carbons (Fsp3) is 0.368. The summed E-state index contributed by atoms with van der Waals surface area (Å²) >= 11 is 0. The number of nitrogens with one attached hydrogen (secondary N) is 2. The zero-order valence-electron chi connectivity index (χ0n) is 14.3. The molecule has 0 radical (unpaired) electrons. The van der Waals surface area contributed by atoms with Gasteiger partial charge in [-0.3, -0.25) is 4.79 Å². The maximum absolute atomic E-state index is 12.1.